The summed E-state index contributed by atoms with van der Waals surface area (Å²) in [6, 6.07) is 15.7. The van der Waals surface area contributed by atoms with Gasteiger partial charge in [-0.15, -0.1) is 0 Å². The Morgan fingerprint density at radius 1 is 1.14 bits per heavy atom. The van der Waals surface area contributed by atoms with Gasteiger partial charge in [0, 0.05) is 25.2 Å². The number of carbonyl (C=O) groups excluding carboxylic acids is 2. The summed E-state index contributed by atoms with van der Waals surface area (Å²) in [5.41, 5.74) is 4.29. The Labute approximate surface area is 205 Å². The molecule has 4 rings (SSSR count). The normalized spacial score (nSPS) is 13.6. The highest BCUT2D eigenvalue weighted by atomic mass is 16.6. The number of nitriles is 1. The van der Waals surface area contributed by atoms with Crippen molar-refractivity contribution >= 4 is 28.6 Å². The van der Waals surface area contributed by atoms with Gasteiger partial charge in [0.15, 0.2) is 0 Å². The summed E-state index contributed by atoms with van der Waals surface area (Å²) in [6.45, 7) is 1.59. The van der Waals surface area contributed by atoms with E-state index in [9.17, 15) is 9.59 Å². The first-order valence-corrected chi connectivity index (χ1v) is 12.0. The summed E-state index contributed by atoms with van der Waals surface area (Å²) >= 11 is 0. The fourth-order valence-electron chi connectivity index (χ4n) is 4.64. The van der Waals surface area contributed by atoms with E-state index in [2.05, 4.69) is 10.6 Å². The molecule has 3 aromatic rings. The molecule has 1 aliphatic rings. The van der Waals surface area contributed by atoms with Crippen LogP contribution in [0.4, 0.5) is 5.69 Å². The van der Waals surface area contributed by atoms with Gasteiger partial charge in [-0.25, -0.2) is 9.78 Å². The molecule has 1 saturated carbocycles. The van der Waals surface area contributed by atoms with Crippen molar-refractivity contribution in [1.82, 2.24) is 9.55 Å². The predicted octanol–water partition coefficient (Wildman–Crippen LogP) is 3.89. The number of hydrogen-bond acceptors (Lipinski definition) is 6. The minimum absolute atomic E-state index is 0.105. The van der Waals surface area contributed by atoms with Crippen LogP contribution < -0.4 is 4.90 Å². The standard InChI is InChI=1S/C27H30N4O4/c1-3-35-27(33)18-34-17-26(32)31(21-6-4-5-7-21)22-12-13-24-23(15-22)29-25(30(24)2)14-19-8-10-20(16-28)11-9-19/h8-13,15,21H,3-7,14,17-18H2,1-2H3. The summed E-state index contributed by atoms with van der Waals surface area (Å²) in [5.74, 6) is 0.255. The number of benzene rings is 2. The quantitative estimate of drug-likeness (QED) is 0.437. The number of aromatic nitrogens is 2. The van der Waals surface area contributed by atoms with Gasteiger partial charge in [0.25, 0.3) is 5.91 Å². The zero-order chi connectivity index (χ0) is 24.8. The fourth-order valence-corrected chi connectivity index (χ4v) is 4.64. The van der Waals surface area contributed by atoms with Crippen LogP contribution in [0.15, 0.2) is 42.5 Å². The SMILES string of the molecule is CCOC(=O)COCC(=O)N(c1ccc2c(c1)nc(Cc1ccc(C#N)cc1)n2C)C1CCCC1. The number of amides is 1. The number of aryl methyl sites for hydroxylation is 1. The molecule has 2 aromatic carbocycles. The largest absolute Gasteiger partial charge is 0.464 e. The third-order valence-electron chi connectivity index (χ3n) is 6.39. The molecule has 1 aliphatic carbocycles. The number of fused-ring (bicyclic) bond motifs is 1. The molecular weight excluding hydrogens is 444 g/mol. The predicted molar refractivity (Wildman–Crippen MR) is 132 cm³/mol. The number of hydrogen-bond donors (Lipinski definition) is 0. The number of ether oxygens (including phenoxy) is 2. The first-order chi connectivity index (χ1) is 17.0. The van der Waals surface area contributed by atoms with Crippen molar-refractivity contribution in [1.29, 1.82) is 5.26 Å². The van der Waals surface area contributed by atoms with Gasteiger partial charge in [0.2, 0.25) is 0 Å². The number of nitrogens with zero attached hydrogens (tertiary/aromatic N) is 4. The van der Waals surface area contributed by atoms with Crippen molar-refractivity contribution in [3.8, 4) is 6.07 Å². The highest BCUT2D eigenvalue weighted by molar-refractivity contribution is 5.97. The summed E-state index contributed by atoms with van der Waals surface area (Å²) in [4.78, 5) is 31.4. The van der Waals surface area contributed by atoms with Crippen LogP contribution in [0.3, 0.4) is 0 Å². The lowest BCUT2D eigenvalue weighted by Gasteiger charge is -2.29. The summed E-state index contributed by atoms with van der Waals surface area (Å²) < 4.78 is 12.3. The van der Waals surface area contributed by atoms with E-state index in [1.54, 1.807) is 6.92 Å². The van der Waals surface area contributed by atoms with E-state index in [0.717, 1.165) is 53.8 Å². The molecule has 182 valence electrons. The minimum Gasteiger partial charge on any atom is -0.464 e. The van der Waals surface area contributed by atoms with Crippen LogP contribution in [-0.2, 0) is 32.5 Å². The zero-order valence-corrected chi connectivity index (χ0v) is 20.2. The molecule has 0 atom stereocenters. The van der Waals surface area contributed by atoms with E-state index in [4.69, 9.17) is 19.7 Å². The first-order valence-electron chi connectivity index (χ1n) is 12.0. The van der Waals surface area contributed by atoms with Crippen molar-refractivity contribution in [3.05, 3.63) is 59.4 Å². The van der Waals surface area contributed by atoms with Crippen molar-refractivity contribution in [2.75, 3.05) is 24.7 Å². The van der Waals surface area contributed by atoms with Crippen molar-refractivity contribution in [2.45, 2.75) is 45.1 Å². The zero-order valence-electron chi connectivity index (χ0n) is 20.2. The van der Waals surface area contributed by atoms with Crippen LogP contribution >= 0.6 is 0 Å². The van der Waals surface area contributed by atoms with E-state index in [1.165, 1.54) is 0 Å². The van der Waals surface area contributed by atoms with Gasteiger partial charge in [0.05, 0.1) is 29.3 Å². The maximum atomic E-state index is 13.2. The fraction of sp³-hybridized carbons (Fsp3) is 0.407. The summed E-state index contributed by atoms with van der Waals surface area (Å²) in [6.07, 6.45) is 4.68. The Morgan fingerprint density at radius 3 is 2.57 bits per heavy atom. The van der Waals surface area contributed by atoms with Crippen molar-refractivity contribution < 1.29 is 19.1 Å². The van der Waals surface area contributed by atoms with Crippen LogP contribution in [0.2, 0.25) is 0 Å². The smallest absolute Gasteiger partial charge is 0.332 e. The number of anilines is 1. The summed E-state index contributed by atoms with van der Waals surface area (Å²) in [7, 11) is 1.98. The molecule has 0 spiro atoms. The Balaban J connectivity index is 1.55. The van der Waals surface area contributed by atoms with E-state index >= 15 is 0 Å². The number of carbonyl (C=O) groups is 2. The number of esters is 1. The molecular formula is C27H30N4O4. The minimum atomic E-state index is -0.475. The first kappa shape index (κ1) is 24.4. The second-order valence-corrected chi connectivity index (χ2v) is 8.75. The highest BCUT2D eigenvalue weighted by Crippen LogP contribution is 2.31. The molecule has 0 unspecified atom stereocenters. The molecule has 0 saturated heterocycles. The lowest BCUT2D eigenvalue weighted by Crippen LogP contribution is -2.41. The van der Waals surface area contributed by atoms with Crippen LogP contribution in [0.1, 0.15) is 49.6 Å². The molecule has 8 heteroatoms. The lowest BCUT2D eigenvalue weighted by atomic mass is 10.1. The number of rotatable bonds is 9. The second kappa shape index (κ2) is 11.2. The van der Waals surface area contributed by atoms with E-state index < -0.39 is 5.97 Å². The van der Waals surface area contributed by atoms with Gasteiger partial charge < -0.3 is 18.9 Å². The van der Waals surface area contributed by atoms with Crippen molar-refractivity contribution in [2.24, 2.45) is 7.05 Å². The van der Waals surface area contributed by atoms with Gasteiger partial charge >= 0.3 is 5.97 Å². The second-order valence-electron chi connectivity index (χ2n) is 8.75. The van der Waals surface area contributed by atoms with Gasteiger partial charge in [-0.05, 0) is 55.7 Å². The van der Waals surface area contributed by atoms with E-state index in [1.807, 2.05) is 54.4 Å². The molecule has 0 radical (unpaired) electrons. The van der Waals surface area contributed by atoms with Crippen LogP contribution in [0.5, 0.6) is 0 Å². The Kier molecular flexibility index (Phi) is 7.78. The third kappa shape index (κ3) is 5.69. The molecule has 0 bridgehead atoms. The molecule has 1 heterocycles. The lowest BCUT2D eigenvalue weighted by molar-refractivity contribution is -0.149. The monoisotopic (exact) mass is 474 g/mol. The number of imidazole rings is 1. The topological polar surface area (TPSA) is 97.5 Å². The van der Waals surface area contributed by atoms with Gasteiger partial charge in [-0.2, -0.15) is 5.26 Å². The van der Waals surface area contributed by atoms with Crippen molar-refractivity contribution in [3.63, 3.8) is 0 Å². The van der Waals surface area contributed by atoms with Crippen LogP contribution in [0.25, 0.3) is 11.0 Å². The van der Waals surface area contributed by atoms with E-state index in [0.29, 0.717) is 12.0 Å². The molecule has 1 amide bonds. The average Bonchev–Trinajstić information content (AvgIpc) is 3.48. The maximum absolute atomic E-state index is 13.2. The maximum Gasteiger partial charge on any atom is 0.332 e. The molecule has 1 aromatic heterocycles. The van der Waals surface area contributed by atoms with E-state index in [-0.39, 0.29) is 31.8 Å². The molecule has 1 fully saturated rings. The highest BCUT2D eigenvalue weighted by Gasteiger charge is 2.28. The molecule has 8 nitrogen and oxygen atoms in total. The molecule has 0 N–H and O–H groups in total. The Morgan fingerprint density at radius 2 is 1.89 bits per heavy atom. The van der Waals surface area contributed by atoms with Gasteiger partial charge in [-0.1, -0.05) is 25.0 Å². The Bertz CT molecular complexity index is 1240. The van der Waals surface area contributed by atoms with Crippen LogP contribution in [-0.4, -0.2) is 47.3 Å². The average molecular weight is 475 g/mol. The molecule has 35 heavy (non-hydrogen) atoms. The molecule has 0 aliphatic heterocycles. The Hall–Kier alpha value is -3.70. The summed E-state index contributed by atoms with van der Waals surface area (Å²) in [5, 5.41) is 9.02. The third-order valence-corrected chi connectivity index (χ3v) is 6.39. The van der Waals surface area contributed by atoms with Gasteiger partial charge in [-0.3, -0.25) is 4.79 Å². The van der Waals surface area contributed by atoms with Crippen LogP contribution in [0, 0.1) is 11.3 Å². The van der Waals surface area contributed by atoms with Gasteiger partial charge in [0.1, 0.15) is 19.0 Å².